The Kier molecular flexibility index (Phi) is 23.1. The second kappa shape index (κ2) is 23.1. The molecule has 0 aliphatic heterocycles. The smallest absolute Gasteiger partial charge is 0.0383 e. The van der Waals surface area contributed by atoms with Crippen molar-refractivity contribution in [2.75, 3.05) is 0 Å². The number of rotatable bonds is 25. The van der Waals surface area contributed by atoms with E-state index in [1.54, 1.807) is 0 Å². The summed E-state index contributed by atoms with van der Waals surface area (Å²) < 4.78 is 0. The predicted molar refractivity (Wildman–Crippen MR) is 163 cm³/mol. The van der Waals surface area contributed by atoms with Crippen LogP contribution in [0.5, 0.6) is 0 Å². The standard InChI is InChI=1S/C35H72/c1-10-13-14-15-16-17-18-19-20-21-22-23-35(28-32(7)27-30(5)12-3)34(9)33(8)25-24-31(6)26-29(4)11-2/h29-35H,10-28H2,1-9H3. The molecule has 0 spiro atoms. The van der Waals surface area contributed by atoms with Gasteiger partial charge in [-0.15, -0.1) is 0 Å². The van der Waals surface area contributed by atoms with Crippen LogP contribution in [0.2, 0.25) is 0 Å². The zero-order chi connectivity index (χ0) is 26.5. The van der Waals surface area contributed by atoms with Crippen LogP contribution in [-0.2, 0) is 0 Å². The third-order valence-corrected chi connectivity index (χ3v) is 9.64. The van der Waals surface area contributed by atoms with Gasteiger partial charge in [-0.2, -0.15) is 0 Å². The fraction of sp³-hybridized carbons (Fsp3) is 1.00. The summed E-state index contributed by atoms with van der Waals surface area (Å²) in [5.74, 6) is 6.27. The molecule has 0 aromatic rings. The lowest BCUT2D eigenvalue weighted by molar-refractivity contribution is 0.182. The minimum atomic E-state index is 0.878. The average Bonchev–Trinajstić information content (AvgIpc) is 2.84. The van der Waals surface area contributed by atoms with Crippen molar-refractivity contribution in [3.05, 3.63) is 0 Å². The van der Waals surface area contributed by atoms with E-state index in [0.717, 1.165) is 41.4 Å². The first-order valence-electron chi connectivity index (χ1n) is 16.7. The molecule has 0 bridgehead atoms. The van der Waals surface area contributed by atoms with Crippen LogP contribution in [0.1, 0.15) is 184 Å². The topological polar surface area (TPSA) is 0 Å². The Hall–Kier alpha value is 0. The van der Waals surface area contributed by atoms with Crippen LogP contribution in [0.4, 0.5) is 0 Å². The van der Waals surface area contributed by atoms with Crippen LogP contribution in [0.3, 0.4) is 0 Å². The van der Waals surface area contributed by atoms with Gasteiger partial charge >= 0.3 is 0 Å². The molecule has 0 amide bonds. The summed E-state index contributed by atoms with van der Waals surface area (Å²) in [7, 11) is 0. The van der Waals surface area contributed by atoms with E-state index in [1.807, 2.05) is 0 Å². The number of hydrogen-bond acceptors (Lipinski definition) is 0. The first kappa shape index (κ1) is 35.0. The van der Waals surface area contributed by atoms with Gasteiger partial charge in [0.25, 0.3) is 0 Å². The molecule has 7 atom stereocenters. The molecular weight excluding hydrogens is 420 g/mol. The molecule has 0 heterocycles. The fourth-order valence-corrected chi connectivity index (χ4v) is 6.38. The molecule has 0 saturated carbocycles. The molecule has 0 aliphatic carbocycles. The summed E-state index contributed by atoms with van der Waals surface area (Å²) in [6, 6.07) is 0. The van der Waals surface area contributed by atoms with Gasteiger partial charge in [0.15, 0.2) is 0 Å². The third kappa shape index (κ3) is 19.7. The first-order chi connectivity index (χ1) is 16.7. The van der Waals surface area contributed by atoms with Crippen molar-refractivity contribution in [1.29, 1.82) is 0 Å². The van der Waals surface area contributed by atoms with Gasteiger partial charge in [-0.1, -0.05) is 165 Å². The Morgan fingerprint density at radius 1 is 0.400 bits per heavy atom. The quantitative estimate of drug-likeness (QED) is 0.111. The summed E-state index contributed by atoms with van der Waals surface area (Å²) in [5, 5.41) is 0. The van der Waals surface area contributed by atoms with Crippen LogP contribution in [-0.4, -0.2) is 0 Å². The van der Waals surface area contributed by atoms with Crippen LogP contribution >= 0.6 is 0 Å². The predicted octanol–water partition coefficient (Wildman–Crippen LogP) is 12.9. The molecular formula is C35H72. The Bertz CT molecular complexity index is 426. The normalized spacial score (nSPS) is 18.1. The van der Waals surface area contributed by atoms with E-state index in [4.69, 9.17) is 0 Å². The van der Waals surface area contributed by atoms with Crippen LogP contribution in [0.15, 0.2) is 0 Å². The van der Waals surface area contributed by atoms with Crippen LogP contribution in [0, 0.1) is 41.4 Å². The molecule has 0 aromatic heterocycles. The molecule has 0 saturated heterocycles. The highest BCUT2D eigenvalue weighted by Gasteiger charge is 2.25. The lowest BCUT2D eigenvalue weighted by Gasteiger charge is -2.32. The molecule has 0 radical (unpaired) electrons. The van der Waals surface area contributed by atoms with Gasteiger partial charge in [-0.3, -0.25) is 0 Å². The first-order valence-corrected chi connectivity index (χ1v) is 16.7. The summed E-state index contributed by atoms with van der Waals surface area (Å²) in [5.41, 5.74) is 0. The zero-order valence-electron chi connectivity index (χ0n) is 26.5. The number of hydrogen-bond donors (Lipinski definition) is 0. The van der Waals surface area contributed by atoms with Crippen molar-refractivity contribution >= 4 is 0 Å². The van der Waals surface area contributed by atoms with Gasteiger partial charge in [0.05, 0.1) is 0 Å². The molecule has 0 aliphatic rings. The van der Waals surface area contributed by atoms with E-state index >= 15 is 0 Å². The Balaban J connectivity index is 4.48. The second-order valence-corrected chi connectivity index (χ2v) is 13.4. The van der Waals surface area contributed by atoms with Crippen molar-refractivity contribution in [3.63, 3.8) is 0 Å². The third-order valence-electron chi connectivity index (χ3n) is 9.64. The average molecular weight is 493 g/mol. The zero-order valence-corrected chi connectivity index (χ0v) is 26.5. The lowest BCUT2D eigenvalue weighted by atomic mass is 9.73. The maximum atomic E-state index is 2.61. The van der Waals surface area contributed by atoms with Gasteiger partial charge in [0.2, 0.25) is 0 Å². The molecule has 35 heavy (non-hydrogen) atoms. The molecule has 0 fully saturated rings. The summed E-state index contributed by atoms with van der Waals surface area (Å²) in [6.07, 6.45) is 27.4. The highest BCUT2D eigenvalue weighted by Crippen LogP contribution is 2.36. The second-order valence-electron chi connectivity index (χ2n) is 13.4. The molecule has 212 valence electrons. The minimum absolute atomic E-state index is 0.878. The SMILES string of the molecule is CCCCCCCCCCCCCC(CC(C)CC(C)CC)C(C)C(C)CCC(C)CC(C)CC. The van der Waals surface area contributed by atoms with Gasteiger partial charge < -0.3 is 0 Å². The van der Waals surface area contributed by atoms with E-state index in [0.29, 0.717) is 0 Å². The van der Waals surface area contributed by atoms with E-state index in [-0.39, 0.29) is 0 Å². The fourth-order valence-electron chi connectivity index (χ4n) is 6.38. The summed E-state index contributed by atoms with van der Waals surface area (Å²) >= 11 is 0. The van der Waals surface area contributed by atoms with Crippen LogP contribution < -0.4 is 0 Å². The van der Waals surface area contributed by atoms with E-state index in [2.05, 4.69) is 62.3 Å². The number of unbranched alkanes of at least 4 members (excludes halogenated alkanes) is 10. The van der Waals surface area contributed by atoms with Gasteiger partial charge in [0, 0.05) is 0 Å². The minimum Gasteiger partial charge on any atom is -0.0654 e. The van der Waals surface area contributed by atoms with E-state index < -0.39 is 0 Å². The van der Waals surface area contributed by atoms with Crippen LogP contribution in [0.25, 0.3) is 0 Å². The molecule has 7 unspecified atom stereocenters. The maximum Gasteiger partial charge on any atom is -0.0383 e. The summed E-state index contributed by atoms with van der Waals surface area (Å²) in [4.78, 5) is 0. The largest absolute Gasteiger partial charge is 0.0654 e. The van der Waals surface area contributed by atoms with Gasteiger partial charge in [0.1, 0.15) is 0 Å². The van der Waals surface area contributed by atoms with Crippen molar-refractivity contribution in [3.8, 4) is 0 Å². The maximum absolute atomic E-state index is 2.61. The highest BCUT2D eigenvalue weighted by atomic mass is 14.3. The van der Waals surface area contributed by atoms with Crippen molar-refractivity contribution in [2.24, 2.45) is 41.4 Å². The van der Waals surface area contributed by atoms with Gasteiger partial charge in [-0.25, -0.2) is 0 Å². The Morgan fingerprint density at radius 2 is 0.857 bits per heavy atom. The molecule has 0 N–H and O–H groups in total. The Labute approximate surface area is 225 Å². The molecule has 0 aromatic carbocycles. The van der Waals surface area contributed by atoms with E-state index in [9.17, 15) is 0 Å². The highest BCUT2D eigenvalue weighted by molar-refractivity contribution is 4.76. The molecule has 0 heteroatoms. The van der Waals surface area contributed by atoms with Crippen molar-refractivity contribution in [1.82, 2.24) is 0 Å². The molecule has 0 nitrogen and oxygen atoms in total. The summed E-state index contributed by atoms with van der Waals surface area (Å²) in [6.45, 7) is 22.2. The van der Waals surface area contributed by atoms with Crippen molar-refractivity contribution in [2.45, 2.75) is 184 Å². The Morgan fingerprint density at radius 3 is 1.34 bits per heavy atom. The monoisotopic (exact) mass is 493 g/mol. The molecule has 0 rings (SSSR count). The van der Waals surface area contributed by atoms with Crippen molar-refractivity contribution < 1.29 is 0 Å². The van der Waals surface area contributed by atoms with Gasteiger partial charge in [-0.05, 0) is 60.7 Å². The lowest BCUT2D eigenvalue weighted by Crippen LogP contribution is -2.22. The van der Waals surface area contributed by atoms with E-state index in [1.165, 1.54) is 122 Å².